The lowest BCUT2D eigenvalue weighted by atomic mass is 10.1. The Morgan fingerprint density at radius 2 is 1.76 bits per heavy atom. The lowest BCUT2D eigenvalue weighted by Gasteiger charge is -2.20. The number of para-hydroxylation sites is 1. The van der Waals surface area contributed by atoms with Gasteiger partial charge in [-0.25, -0.2) is 9.07 Å². The van der Waals surface area contributed by atoms with Crippen LogP contribution in [-0.2, 0) is 4.79 Å². The number of non-ortho nitro benzene ring substituents is 1. The van der Waals surface area contributed by atoms with Gasteiger partial charge in [-0.3, -0.25) is 19.8 Å². The molecule has 38 heavy (non-hydrogen) atoms. The van der Waals surface area contributed by atoms with Crippen molar-refractivity contribution in [1.82, 2.24) is 20.0 Å². The standard InChI is InChI=1S/C26H17FN6O3S2/c27-18-8-4-7-17(12-18)24-28-29-26(38-24)32-22(34)15-37-25(32)21-14-31(19-9-2-1-3-10-19)30-23(21)16-6-5-11-20(13-16)33(35)36/h1-14,25H,15H2. The lowest BCUT2D eigenvalue weighted by Crippen LogP contribution is -2.27. The minimum Gasteiger partial charge on any atom is -0.273 e. The number of thioether (sulfide) groups is 1. The fourth-order valence-corrected chi connectivity index (χ4v) is 6.30. The Morgan fingerprint density at radius 3 is 2.55 bits per heavy atom. The zero-order chi connectivity index (χ0) is 26.2. The Balaban J connectivity index is 1.45. The monoisotopic (exact) mass is 544 g/mol. The smallest absolute Gasteiger partial charge is 0.270 e. The van der Waals surface area contributed by atoms with Gasteiger partial charge in [-0.2, -0.15) is 5.10 Å². The summed E-state index contributed by atoms with van der Waals surface area (Å²) in [7, 11) is 0. The van der Waals surface area contributed by atoms with Gasteiger partial charge in [0.15, 0.2) is 0 Å². The van der Waals surface area contributed by atoms with Gasteiger partial charge in [0, 0.05) is 35.0 Å². The van der Waals surface area contributed by atoms with Crippen LogP contribution in [0.3, 0.4) is 0 Å². The van der Waals surface area contributed by atoms with Gasteiger partial charge in [0.05, 0.1) is 22.1 Å². The Labute approximate surface area is 223 Å². The molecule has 1 aliphatic heterocycles. The Bertz CT molecular complexity index is 1670. The SMILES string of the molecule is O=C1CSC(c2cn(-c3ccccc3)nc2-c2cccc([N+](=O)[O-])c2)N1c1nnc(-c2cccc(F)c2)s1. The van der Waals surface area contributed by atoms with Gasteiger partial charge >= 0.3 is 0 Å². The van der Waals surface area contributed by atoms with Crippen molar-refractivity contribution in [1.29, 1.82) is 0 Å². The van der Waals surface area contributed by atoms with Gasteiger partial charge in [0.25, 0.3) is 5.69 Å². The molecule has 9 nitrogen and oxygen atoms in total. The predicted molar refractivity (Wildman–Crippen MR) is 144 cm³/mol. The summed E-state index contributed by atoms with van der Waals surface area (Å²) >= 11 is 2.60. The van der Waals surface area contributed by atoms with E-state index in [1.54, 1.807) is 33.8 Å². The molecule has 0 spiro atoms. The first kappa shape index (κ1) is 23.9. The van der Waals surface area contributed by atoms with Crippen LogP contribution >= 0.6 is 23.1 Å². The fourth-order valence-electron chi connectivity index (χ4n) is 4.18. The molecular formula is C26H17FN6O3S2. The van der Waals surface area contributed by atoms with E-state index in [0.29, 0.717) is 32.5 Å². The molecule has 0 saturated carbocycles. The summed E-state index contributed by atoms with van der Waals surface area (Å²) in [5.74, 6) is -0.330. The molecule has 0 aliphatic carbocycles. The maximum atomic E-state index is 13.8. The van der Waals surface area contributed by atoms with E-state index in [1.807, 2.05) is 36.5 Å². The molecule has 5 aromatic rings. The van der Waals surface area contributed by atoms with Crippen molar-refractivity contribution < 1.29 is 14.1 Å². The highest BCUT2D eigenvalue weighted by Gasteiger charge is 2.39. The molecule has 6 rings (SSSR count). The molecule has 3 aromatic carbocycles. The van der Waals surface area contributed by atoms with Crippen molar-refractivity contribution >= 4 is 39.8 Å². The number of halogens is 1. The third kappa shape index (κ3) is 4.44. The normalized spacial score (nSPS) is 15.2. The highest BCUT2D eigenvalue weighted by molar-refractivity contribution is 8.00. The summed E-state index contributed by atoms with van der Waals surface area (Å²) in [4.78, 5) is 25.7. The Morgan fingerprint density at radius 1 is 0.974 bits per heavy atom. The van der Waals surface area contributed by atoms with Crippen LogP contribution in [0.1, 0.15) is 10.9 Å². The number of rotatable bonds is 6. The van der Waals surface area contributed by atoms with E-state index < -0.39 is 10.3 Å². The van der Waals surface area contributed by atoms with E-state index in [-0.39, 0.29) is 23.2 Å². The maximum Gasteiger partial charge on any atom is 0.270 e. The average molecular weight is 545 g/mol. The van der Waals surface area contributed by atoms with Crippen molar-refractivity contribution in [3.63, 3.8) is 0 Å². The molecule has 1 aliphatic rings. The first-order valence-electron chi connectivity index (χ1n) is 11.4. The average Bonchev–Trinajstić information content (AvgIpc) is 3.67. The molecule has 1 saturated heterocycles. The van der Waals surface area contributed by atoms with E-state index in [1.165, 1.54) is 47.4 Å². The number of anilines is 1. The van der Waals surface area contributed by atoms with Gasteiger partial charge in [0.2, 0.25) is 11.0 Å². The van der Waals surface area contributed by atoms with Crippen LogP contribution in [0.15, 0.2) is 85.1 Å². The van der Waals surface area contributed by atoms with E-state index in [0.717, 1.165) is 5.69 Å². The molecule has 188 valence electrons. The Kier molecular flexibility index (Phi) is 6.18. The summed E-state index contributed by atoms with van der Waals surface area (Å²) in [6.45, 7) is 0. The summed E-state index contributed by atoms with van der Waals surface area (Å²) in [5.41, 5.74) is 3.09. The summed E-state index contributed by atoms with van der Waals surface area (Å²) in [6.07, 6.45) is 1.83. The molecule has 1 unspecified atom stereocenters. The third-order valence-electron chi connectivity index (χ3n) is 5.92. The van der Waals surface area contributed by atoms with Crippen molar-refractivity contribution in [2.75, 3.05) is 10.7 Å². The van der Waals surface area contributed by atoms with E-state index in [2.05, 4.69) is 10.2 Å². The summed E-state index contributed by atoms with van der Waals surface area (Å²) in [5, 5.41) is 25.1. The van der Waals surface area contributed by atoms with Crippen LogP contribution in [0, 0.1) is 15.9 Å². The minimum absolute atomic E-state index is 0.0569. The lowest BCUT2D eigenvalue weighted by molar-refractivity contribution is -0.384. The molecule has 0 radical (unpaired) electrons. The van der Waals surface area contributed by atoms with Crippen molar-refractivity contribution in [2.24, 2.45) is 0 Å². The number of amides is 1. The van der Waals surface area contributed by atoms with Crippen molar-refractivity contribution in [3.8, 4) is 27.5 Å². The zero-order valence-corrected chi connectivity index (χ0v) is 21.1. The first-order chi connectivity index (χ1) is 18.5. The summed E-state index contributed by atoms with van der Waals surface area (Å²) < 4.78 is 15.5. The number of hydrogen-bond donors (Lipinski definition) is 0. The van der Waals surface area contributed by atoms with Crippen molar-refractivity contribution in [2.45, 2.75) is 5.37 Å². The maximum absolute atomic E-state index is 13.8. The number of carbonyl (C=O) groups excluding carboxylic acids is 1. The predicted octanol–water partition coefficient (Wildman–Crippen LogP) is 5.88. The molecule has 2 aromatic heterocycles. The largest absolute Gasteiger partial charge is 0.273 e. The van der Waals surface area contributed by atoms with E-state index in [9.17, 15) is 19.3 Å². The van der Waals surface area contributed by atoms with Crippen LogP contribution in [0.5, 0.6) is 0 Å². The van der Waals surface area contributed by atoms with Crippen LogP contribution in [-0.4, -0.2) is 36.6 Å². The minimum atomic E-state index is -0.498. The van der Waals surface area contributed by atoms with Crippen LogP contribution < -0.4 is 4.90 Å². The molecule has 3 heterocycles. The molecule has 1 fully saturated rings. The van der Waals surface area contributed by atoms with E-state index in [4.69, 9.17) is 5.10 Å². The van der Waals surface area contributed by atoms with Gasteiger partial charge < -0.3 is 0 Å². The number of aromatic nitrogens is 4. The molecule has 1 amide bonds. The second-order valence-corrected chi connectivity index (χ2v) is 10.4. The van der Waals surface area contributed by atoms with Crippen molar-refractivity contribution in [3.05, 3.63) is 107 Å². The number of hydrogen-bond acceptors (Lipinski definition) is 8. The molecule has 0 bridgehead atoms. The number of nitrogens with zero attached hydrogens (tertiary/aromatic N) is 6. The van der Waals surface area contributed by atoms with Crippen LogP contribution in [0.4, 0.5) is 15.2 Å². The molecule has 12 heteroatoms. The number of nitro benzene ring substituents is 1. The third-order valence-corrected chi connectivity index (χ3v) is 8.09. The van der Waals surface area contributed by atoms with Crippen LogP contribution in [0.25, 0.3) is 27.5 Å². The molecular weight excluding hydrogens is 527 g/mol. The first-order valence-corrected chi connectivity index (χ1v) is 13.3. The fraction of sp³-hybridized carbons (Fsp3) is 0.0769. The molecule has 1 atom stereocenters. The van der Waals surface area contributed by atoms with E-state index >= 15 is 0 Å². The number of benzene rings is 3. The zero-order valence-electron chi connectivity index (χ0n) is 19.5. The molecule has 0 N–H and O–H groups in total. The van der Waals surface area contributed by atoms with Gasteiger partial charge in [0.1, 0.15) is 16.2 Å². The Hall–Kier alpha value is -4.42. The number of nitro groups is 1. The second kappa shape index (κ2) is 9.80. The second-order valence-electron chi connectivity index (χ2n) is 8.35. The quantitative estimate of drug-likeness (QED) is 0.194. The highest BCUT2D eigenvalue weighted by Crippen LogP contribution is 2.46. The summed E-state index contributed by atoms with van der Waals surface area (Å²) in [6, 6.07) is 21.8. The highest BCUT2D eigenvalue weighted by atomic mass is 32.2. The van der Waals surface area contributed by atoms with Gasteiger partial charge in [-0.05, 0) is 24.3 Å². The van der Waals surface area contributed by atoms with Gasteiger partial charge in [-0.15, -0.1) is 22.0 Å². The van der Waals surface area contributed by atoms with Gasteiger partial charge in [-0.1, -0.05) is 53.8 Å². The number of carbonyl (C=O) groups is 1. The van der Waals surface area contributed by atoms with Crippen LogP contribution in [0.2, 0.25) is 0 Å². The topological polar surface area (TPSA) is 107 Å².